The molecule has 9 nitrogen and oxygen atoms in total. The van der Waals surface area contributed by atoms with Crippen molar-refractivity contribution in [2.45, 2.75) is 5.41 Å². The van der Waals surface area contributed by atoms with Gasteiger partial charge >= 0.3 is 23.9 Å². The smallest absolute Gasteiger partial charge is 0.336 e. The van der Waals surface area contributed by atoms with Gasteiger partial charge in [0.25, 0.3) is 0 Å². The van der Waals surface area contributed by atoms with Gasteiger partial charge in [-0.05, 0) is 53.6 Å². The number of carboxylic acids is 4. The van der Waals surface area contributed by atoms with E-state index in [-0.39, 0.29) is 27.8 Å². The Hall–Kier alpha value is -5.44. The highest BCUT2D eigenvalue weighted by atomic mass is 16.5. The summed E-state index contributed by atoms with van der Waals surface area (Å²) in [7, 11) is 0. The Morgan fingerprint density at radius 1 is 0.500 bits per heavy atom. The first-order valence-corrected chi connectivity index (χ1v) is 11.2. The molecule has 38 heavy (non-hydrogen) atoms. The van der Waals surface area contributed by atoms with E-state index in [0.717, 1.165) is 18.2 Å². The molecule has 0 aromatic heterocycles. The summed E-state index contributed by atoms with van der Waals surface area (Å²) in [5.41, 5.74) is -2.13. The van der Waals surface area contributed by atoms with Crippen LogP contribution in [0.25, 0.3) is 0 Å². The van der Waals surface area contributed by atoms with Crippen molar-refractivity contribution in [3.05, 3.63) is 129 Å². The number of carboxylic acid groups (broad SMARTS) is 4. The summed E-state index contributed by atoms with van der Waals surface area (Å²) in [6, 6.07) is 20.3. The molecule has 5 rings (SSSR count). The third-order valence-corrected chi connectivity index (χ3v) is 6.60. The second kappa shape index (κ2) is 8.90. The van der Waals surface area contributed by atoms with Crippen molar-refractivity contribution < 1.29 is 44.3 Å². The number of hydrogen-bond acceptors (Lipinski definition) is 5. The molecule has 0 unspecified atom stereocenters. The Bertz CT molecular complexity index is 1620. The first-order chi connectivity index (χ1) is 18.2. The first-order valence-electron chi connectivity index (χ1n) is 11.2. The highest BCUT2D eigenvalue weighted by molar-refractivity contribution is 5.98. The largest absolute Gasteiger partial charge is 0.478 e. The molecule has 0 atom stereocenters. The maximum absolute atomic E-state index is 12.6. The topological polar surface area (TPSA) is 158 Å². The molecule has 4 N–H and O–H groups in total. The zero-order valence-electron chi connectivity index (χ0n) is 19.4. The lowest BCUT2D eigenvalue weighted by atomic mass is 9.61. The third-order valence-electron chi connectivity index (χ3n) is 6.60. The Morgan fingerprint density at radius 2 is 1.00 bits per heavy atom. The minimum Gasteiger partial charge on any atom is -0.478 e. The molecule has 4 aromatic carbocycles. The van der Waals surface area contributed by atoms with Gasteiger partial charge in [0.05, 0.1) is 27.7 Å². The molecule has 9 heteroatoms. The molecular formula is C29H18O9. The van der Waals surface area contributed by atoms with Crippen LogP contribution in [0.2, 0.25) is 0 Å². The SMILES string of the molecule is O=C(O)c1ccc(C2(c3cc(C(=O)O)ccc3C(=O)O)c3ccccc3Oc3ccccc32)c(C(=O)O)c1. The van der Waals surface area contributed by atoms with Gasteiger partial charge in [0.2, 0.25) is 0 Å². The number of hydrogen-bond donors (Lipinski definition) is 4. The van der Waals surface area contributed by atoms with Gasteiger partial charge in [-0.15, -0.1) is 0 Å². The fourth-order valence-corrected chi connectivity index (χ4v) is 5.08. The molecule has 1 heterocycles. The van der Waals surface area contributed by atoms with Crippen LogP contribution >= 0.6 is 0 Å². The molecule has 0 amide bonds. The molecule has 0 saturated heterocycles. The van der Waals surface area contributed by atoms with Crippen LogP contribution < -0.4 is 4.74 Å². The zero-order valence-corrected chi connectivity index (χ0v) is 19.4. The van der Waals surface area contributed by atoms with E-state index in [1.165, 1.54) is 18.2 Å². The summed E-state index contributed by atoms with van der Waals surface area (Å²) < 4.78 is 6.11. The van der Waals surface area contributed by atoms with Gasteiger partial charge < -0.3 is 25.2 Å². The van der Waals surface area contributed by atoms with Gasteiger partial charge in [-0.2, -0.15) is 0 Å². The Labute approximate surface area is 214 Å². The first kappa shape index (κ1) is 24.3. The molecule has 188 valence electrons. The molecule has 1 aliphatic rings. The van der Waals surface area contributed by atoms with Gasteiger partial charge in [-0.25, -0.2) is 19.2 Å². The average Bonchev–Trinajstić information content (AvgIpc) is 2.91. The van der Waals surface area contributed by atoms with Crippen molar-refractivity contribution >= 4 is 23.9 Å². The van der Waals surface area contributed by atoms with Gasteiger partial charge in [-0.1, -0.05) is 42.5 Å². The summed E-state index contributed by atoms with van der Waals surface area (Å²) in [6.07, 6.45) is 0. The molecule has 0 radical (unpaired) electrons. The number of para-hydroxylation sites is 2. The molecule has 0 fully saturated rings. The van der Waals surface area contributed by atoms with Crippen molar-refractivity contribution in [2.24, 2.45) is 0 Å². The van der Waals surface area contributed by atoms with E-state index in [1.807, 2.05) is 0 Å². The van der Waals surface area contributed by atoms with E-state index in [2.05, 4.69) is 0 Å². The molecular weight excluding hydrogens is 492 g/mol. The van der Waals surface area contributed by atoms with Crippen molar-refractivity contribution in [2.75, 3.05) is 0 Å². The second-order valence-electron chi connectivity index (χ2n) is 8.59. The van der Waals surface area contributed by atoms with E-state index in [1.54, 1.807) is 48.5 Å². The highest BCUT2D eigenvalue weighted by Gasteiger charge is 2.49. The quantitative estimate of drug-likeness (QED) is 0.247. The summed E-state index contributed by atoms with van der Waals surface area (Å²) in [5.74, 6) is -4.89. The summed E-state index contributed by atoms with van der Waals surface area (Å²) >= 11 is 0. The number of rotatable bonds is 6. The number of benzene rings is 4. The van der Waals surface area contributed by atoms with Crippen molar-refractivity contribution in [3.8, 4) is 11.5 Å². The predicted octanol–water partition coefficient (Wildman–Crippen LogP) is 4.97. The molecule has 0 spiro atoms. The maximum Gasteiger partial charge on any atom is 0.336 e. The van der Waals surface area contributed by atoms with Crippen LogP contribution in [0.15, 0.2) is 84.9 Å². The van der Waals surface area contributed by atoms with Crippen molar-refractivity contribution in [3.63, 3.8) is 0 Å². The molecule has 4 aromatic rings. The van der Waals surface area contributed by atoms with Gasteiger partial charge in [0.15, 0.2) is 0 Å². The maximum atomic E-state index is 12.6. The summed E-state index contributed by atoms with van der Waals surface area (Å²) in [6.45, 7) is 0. The number of fused-ring (bicyclic) bond motifs is 2. The average molecular weight is 510 g/mol. The number of carbonyl (C=O) groups is 4. The second-order valence-corrected chi connectivity index (χ2v) is 8.59. The van der Waals surface area contributed by atoms with Gasteiger partial charge in [-0.3, -0.25) is 0 Å². The lowest BCUT2D eigenvalue weighted by molar-refractivity contribution is 0.0679. The van der Waals surface area contributed by atoms with Crippen LogP contribution in [-0.4, -0.2) is 44.3 Å². The van der Waals surface area contributed by atoms with Crippen molar-refractivity contribution in [1.29, 1.82) is 0 Å². The van der Waals surface area contributed by atoms with E-state index in [9.17, 15) is 39.6 Å². The lowest BCUT2D eigenvalue weighted by Crippen LogP contribution is -2.37. The number of aromatic carboxylic acids is 4. The van der Waals surface area contributed by atoms with Crippen LogP contribution in [0.1, 0.15) is 63.7 Å². The minimum atomic E-state index is -1.71. The molecule has 1 aliphatic heterocycles. The minimum absolute atomic E-state index is 0.0151. The monoisotopic (exact) mass is 510 g/mol. The molecule has 0 bridgehead atoms. The van der Waals surface area contributed by atoms with Gasteiger partial charge in [0.1, 0.15) is 11.5 Å². The Balaban J connectivity index is 2.07. The molecule has 0 saturated carbocycles. The standard InChI is InChI=1S/C29H18O9/c30-25(31)15-10-12-19(18(13-15)28(36)37)29(22-14-16(26(32)33)9-11-17(22)27(34)35)20-5-1-3-7-23(20)38-24-8-4-2-6-21(24)29/h1-14H,(H,30,31)(H,32,33)(H,34,35)(H,36,37). The normalized spacial score (nSPS) is 12.9. The Morgan fingerprint density at radius 3 is 1.53 bits per heavy atom. The van der Waals surface area contributed by atoms with E-state index < -0.39 is 34.9 Å². The Kier molecular flexibility index (Phi) is 5.68. The van der Waals surface area contributed by atoms with Crippen LogP contribution in [0.4, 0.5) is 0 Å². The van der Waals surface area contributed by atoms with Gasteiger partial charge in [0, 0.05) is 11.1 Å². The molecule has 0 aliphatic carbocycles. The fourth-order valence-electron chi connectivity index (χ4n) is 5.08. The fraction of sp³-hybridized carbons (Fsp3) is 0.0345. The van der Waals surface area contributed by atoms with Crippen LogP contribution in [0.3, 0.4) is 0 Å². The zero-order chi connectivity index (χ0) is 27.2. The predicted molar refractivity (Wildman–Crippen MR) is 133 cm³/mol. The van der Waals surface area contributed by atoms with E-state index >= 15 is 0 Å². The highest BCUT2D eigenvalue weighted by Crippen LogP contribution is 2.56. The van der Waals surface area contributed by atoms with Crippen molar-refractivity contribution in [1.82, 2.24) is 0 Å². The van der Waals surface area contributed by atoms with Crippen LogP contribution in [0, 0.1) is 0 Å². The summed E-state index contributed by atoms with van der Waals surface area (Å²) in [5, 5.41) is 39.8. The van der Waals surface area contributed by atoms with E-state index in [4.69, 9.17) is 4.74 Å². The third kappa shape index (κ3) is 3.56. The number of ether oxygens (including phenoxy) is 1. The lowest BCUT2D eigenvalue weighted by Gasteiger charge is -2.42. The van der Waals surface area contributed by atoms with Crippen LogP contribution in [0.5, 0.6) is 11.5 Å². The van der Waals surface area contributed by atoms with Crippen LogP contribution in [-0.2, 0) is 5.41 Å². The van der Waals surface area contributed by atoms with E-state index in [0.29, 0.717) is 22.6 Å². The summed E-state index contributed by atoms with van der Waals surface area (Å²) in [4.78, 5) is 48.9.